The molecule has 7 heteroatoms. The van der Waals surface area contributed by atoms with Crippen molar-refractivity contribution in [3.63, 3.8) is 0 Å². The van der Waals surface area contributed by atoms with Gasteiger partial charge in [-0.25, -0.2) is 9.18 Å². The fourth-order valence-electron chi connectivity index (χ4n) is 3.44. The summed E-state index contributed by atoms with van der Waals surface area (Å²) in [7, 11) is 0. The van der Waals surface area contributed by atoms with Crippen molar-refractivity contribution in [3.8, 4) is 6.07 Å². The molecule has 1 aromatic carbocycles. The second kappa shape index (κ2) is 7.51. The minimum absolute atomic E-state index is 0.0389. The van der Waals surface area contributed by atoms with Gasteiger partial charge >= 0.3 is 6.03 Å². The summed E-state index contributed by atoms with van der Waals surface area (Å²) in [6, 6.07) is 5.36. The Morgan fingerprint density at radius 1 is 1.16 bits per heavy atom. The van der Waals surface area contributed by atoms with E-state index in [1.165, 1.54) is 12.1 Å². The van der Waals surface area contributed by atoms with E-state index < -0.39 is 11.8 Å². The number of piperidine rings is 1. The number of amides is 3. The summed E-state index contributed by atoms with van der Waals surface area (Å²) in [5, 5.41) is 11.3. The lowest BCUT2D eigenvalue weighted by atomic mass is 9.97. The van der Waals surface area contributed by atoms with Crippen LogP contribution in [-0.2, 0) is 4.79 Å². The van der Waals surface area contributed by atoms with Crippen LogP contribution in [0, 0.1) is 23.1 Å². The molecule has 2 fully saturated rings. The molecule has 3 rings (SSSR count). The van der Waals surface area contributed by atoms with Crippen molar-refractivity contribution in [2.45, 2.75) is 25.7 Å². The smallest absolute Gasteiger partial charge is 0.321 e. The van der Waals surface area contributed by atoms with Crippen LogP contribution in [0.25, 0.3) is 0 Å². The van der Waals surface area contributed by atoms with Crippen LogP contribution >= 0.6 is 0 Å². The Labute approximate surface area is 146 Å². The molecule has 0 aliphatic carbocycles. The molecular weight excluding hydrogens is 323 g/mol. The number of likely N-dealkylation sites (tertiary alicyclic amines) is 2. The molecule has 0 bridgehead atoms. The van der Waals surface area contributed by atoms with E-state index in [0.717, 1.165) is 44.8 Å². The number of carbonyl (C=O) groups is 2. The maximum Gasteiger partial charge on any atom is 0.321 e. The third-order valence-electron chi connectivity index (χ3n) is 4.82. The van der Waals surface area contributed by atoms with Crippen LogP contribution in [0.5, 0.6) is 0 Å². The van der Waals surface area contributed by atoms with Gasteiger partial charge in [-0.05, 0) is 43.9 Å². The predicted octanol–water partition coefficient (Wildman–Crippen LogP) is 2.56. The first-order chi connectivity index (χ1) is 12.1. The van der Waals surface area contributed by atoms with E-state index in [2.05, 4.69) is 5.32 Å². The first-order valence-corrected chi connectivity index (χ1v) is 8.63. The molecule has 1 aromatic rings. The van der Waals surface area contributed by atoms with Crippen molar-refractivity contribution >= 4 is 17.6 Å². The van der Waals surface area contributed by atoms with E-state index in [0.29, 0.717) is 13.1 Å². The molecule has 1 unspecified atom stereocenters. The number of carbonyl (C=O) groups excluding carboxylic acids is 2. The first kappa shape index (κ1) is 17.2. The molecule has 1 atom stereocenters. The van der Waals surface area contributed by atoms with Crippen LogP contribution in [0.3, 0.4) is 0 Å². The molecule has 0 spiro atoms. The van der Waals surface area contributed by atoms with Gasteiger partial charge in [-0.1, -0.05) is 0 Å². The third kappa shape index (κ3) is 3.90. The van der Waals surface area contributed by atoms with Crippen molar-refractivity contribution in [1.29, 1.82) is 5.26 Å². The molecule has 132 valence electrons. The highest BCUT2D eigenvalue weighted by molar-refractivity contribution is 5.90. The number of urea groups is 1. The molecule has 2 aliphatic heterocycles. The van der Waals surface area contributed by atoms with Gasteiger partial charge in [0, 0.05) is 26.2 Å². The molecule has 0 saturated carbocycles. The second-order valence-corrected chi connectivity index (χ2v) is 6.55. The van der Waals surface area contributed by atoms with Gasteiger partial charge in [0.2, 0.25) is 5.91 Å². The molecule has 2 aliphatic rings. The van der Waals surface area contributed by atoms with Crippen LogP contribution in [0.1, 0.15) is 31.2 Å². The maximum atomic E-state index is 13.9. The van der Waals surface area contributed by atoms with Gasteiger partial charge in [-0.2, -0.15) is 5.26 Å². The number of hydrogen-bond donors (Lipinski definition) is 1. The Kier molecular flexibility index (Phi) is 5.17. The van der Waals surface area contributed by atoms with Crippen LogP contribution in [-0.4, -0.2) is 47.9 Å². The van der Waals surface area contributed by atoms with Gasteiger partial charge in [0.1, 0.15) is 5.82 Å². The highest BCUT2D eigenvalue weighted by Gasteiger charge is 2.32. The zero-order valence-corrected chi connectivity index (χ0v) is 14.0. The van der Waals surface area contributed by atoms with E-state index in [1.54, 1.807) is 4.90 Å². The van der Waals surface area contributed by atoms with Crippen molar-refractivity contribution in [2.24, 2.45) is 5.92 Å². The first-order valence-electron chi connectivity index (χ1n) is 8.63. The highest BCUT2D eigenvalue weighted by atomic mass is 19.1. The summed E-state index contributed by atoms with van der Waals surface area (Å²) in [6.45, 7) is 2.52. The fraction of sp³-hybridized carbons (Fsp3) is 0.500. The Hall–Kier alpha value is -2.62. The van der Waals surface area contributed by atoms with Gasteiger partial charge in [-0.3, -0.25) is 4.79 Å². The molecule has 25 heavy (non-hydrogen) atoms. The number of halogens is 1. The lowest BCUT2D eigenvalue weighted by Crippen LogP contribution is -2.47. The topological polar surface area (TPSA) is 76.4 Å². The van der Waals surface area contributed by atoms with E-state index in [-0.39, 0.29) is 23.1 Å². The zero-order chi connectivity index (χ0) is 17.8. The van der Waals surface area contributed by atoms with E-state index in [1.807, 2.05) is 11.0 Å². The number of anilines is 1. The van der Waals surface area contributed by atoms with Gasteiger partial charge in [0.15, 0.2) is 0 Å². The van der Waals surface area contributed by atoms with Gasteiger partial charge in [0.25, 0.3) is 0 Å². The molecule has 0 aromatic heterocycles. The summed E-state index contributed by atoms with van der Waals surface area (Å²) in [4.78, 5) is 28.4. The number of rotatable bonds is 2. The Morgan fingerprint density at radius 3 is 2.56 bits per heavy atom. The number of benzene rings is 1. The van der Waals surface area contributed by atoms with Crippen molar-refractivity contribution in [1.82, 2.24) is 9.80 Å². The Bertz CT molecular complexity index is 710. The fourth-order valence-corrected chi connectivity index (χ4v) is 3.44. The SMILES string of the molecule is N#Cc1ccc(NC(=O)N2CCCC(C(=O)N3CCCC3)C2)c(F)c1. The van der Waals surface area contributed by atoms with Crippen molar-refractivity contribution in [3.05, 3.63) is 29.6 Å². The summed E-state index contributed by atoms with van der Waals surface area (Å²) in [6.07, 6.45) is 3.62. The Balaban J connectivity index is 1.62. The minimum atomic E-state index is -0.644. The third-order valence-corrected chi connectivity index (χ3v) is 4.82. The quantitative estimate of drug-likeness (QED) is 0.896. The summed E-state index contributed by atoms with van der Waals surface area (Å²) < 4.78 is 13.9. The lowest BCUT2D eigenvalue weighted by molar-refractivity contribution is -0.135. The van der Waals surface area contributed by atoms with Crippen LogP contribution < -0.4 is 5.32 Å². The Morgan fingerprint density at radius 2 is 1.88 bits per heavy atom. The monoisotopic (exact) mass is 344 g/mol. The van der Waals surface area contributed by atoms with E-state index >= 15 is 0 Å². The summed E-state index contributed by atoms with van der Waals surface area (Å²) in [5.41, 5.74) is 0.238. The van der Waals surface area contributed by atoms with Crippen LogP contribution in [0.4, 0.5) is 14.9 Å². The van der Waals surface area contributed by atoms with E-state index in [9.17, 15) is 14.0 Å². The number of nitriles is 1. The molecule has 2 heterocycles. The van der Waals surface area contributed by atoms with Crippen LogP contribution in [0.15, 0.2) is 18.2 Å². The van der Waals surface area contributed by atoms with Crippen molar-refractivity contribution < 1.29 is 14.0 Å². The summed E-state index contributed by atoms with van der Waals surface area (Å²) >= 11 is 0. The predicted molar refractivity (Wildman–Crippen MR) is 90.2 cm³/mol. The number of nitrogens with zero attached hydrogens (tertiary/aromatic N) is 3. The minimum Gasteiger partial charge on any atom is -0.342 e. The number of hydrogen-bond acceptors (Lipinski definition) is 3. The van der Waals surface area contributed by atoms with Gasteiger partial charge < -0.3 is 15.1 Å². The zero-order valence-electron chi connectivity index (χ0n) is 14.0. The average molecular weight is 344 g/mol. The number of nitrogens with one attached hydrogen (secondary N) is 1. The average Bonchev–Trinajstić information content (AvgIpc) is 3.17. The molecule has 1 N–H and O–H groups in total. The van der Waals surface area contributed by atoms with E-state index in [4.69, 9.17) is 5.26 Å². The molecule has 3 amide bonds. The second-order valence-electron chi connectivity index (χ2n) is 6.55. The standard InChI is InChI=1S/C18H21FN4O2/c19-15-10-13(11-20)5-6-16(15)21-18(25)23-9-3-4-14(12-23)17(24)22-7-1-2-8-22/h5-6,10,14H,1-4,7-9,12H2,(H,21,25). The summed E-state index contributed by atoms with van der Waals surface area (Å²) in [5.74, 6) is -0.697. The highest BCUT2D eigenvalue weighted by Crippen LogP contribution is 2.23. The van der Waals surface area contributed by atoms with Gasteiger partial charge in [0.05, 0.1) is 23.2 Å². The lowest BCUT2D eigenvalue weighted by Gasteiger charge is -2.33. The molecule has 6 nitrogen and oxygen atoms in total. The molecular formula is C18H21FN4O2. The molecule has 2 saturated heterocycles. The molecule has 0 radical (unpaired) electrons. The van der Waals surface area contributed by atoms with Crippen molar-refractivity contribution in [2.75, 3.05) is 31.5 Å². The largest absolute Gasteiger partial charge is 0.342 e. The van der Waals surface area contributed by atoms with Crippen LogP contribution in [0.2, 0.25) is 0 Å². The normalized spacial score (nSPS) is 20.2. The maximum absolute atomic E-state index is 13.9. The van der Waals surface area contributed by atoms with Gasteiger partial charge in [-0.15, -0.1) is 0 Å².